The average Bonchev–Trinajstić information content (AvgIpc) is 2.01. The quantitative estimate of drug-likeness (QED) is 0.671. The Morgan fingerprint density at radius 2 is 2.17 bits per heavy atom. The van der Waals surface area contributed by atoms with Crippen LogP contribution in [0.15, 0.2) is 0 Å². The second kappa shape index (κ2) is 3.73. The number of methoxy groups -OCH3 is 1. The zero-order valence-electron chi connectivity index (χ0n) is 8.21. The van der Waals surface area contributed by atoms with Gasteiger partial charge in [0.05, 0.1) is 11.7 Å². The molecule has 0 amide bonds. The molecule has 1 rings (SSSR count). The van der Waals surface area contributed by atoms with E-state index < -0.39 is 5.60 Å². The third-order valence-electron chi connectivity index (χ3n) is 2.61. The molecular weight excluding hydrogens is 154 g/mol. The lowest BCUT2D eigenvalue weighted by molar-refractivity contribution is -0.111. The van der Waals surface area contributed by atoms with Gasteiger partial charge in [0, 0.05) is 26.7 Å². The van der Waals surface area contributed by atoms with Crippen LogP contribution in [0.4, 0.5) is 0 Å². The van der Waals surface area contributed by atoms with Crippen LogP contribution in [-0.4, -0.2) is 48.5 Å². The van der Waals surface area contributed by atoms with Gasteiger partial charge >= 0.3 is 0 Å². The highest BCUT2D eigenvalue weighted by Crippen LogP contribution is 2.23. The molecule has 0 spiro atoms. The number of likely N-dealkylation sites (tertiary alicyclic amines) is 1. The summed E-state index contributed by atoms with van der Waals surface area (Å²) in [6.07, 6.45) is 1.12. The third-order valence-corrected chi connectivity index (χ3v) is 2.61. The van der Waals surface area contributed by atoms with Crippen LogP contribution in [0, 0.1) is 0 Å². The molecule has 1 atom stereocenters. The number of ether oxygens (including phenoxy) is 1. The number of aliphatic hydroxyl groups is 1. The van der Waals surface area contributed by atoms with Gasteiger partial charge in [0.15, 0.2) is 0 Å². The van der Waals surface area contributed by atoms with Gasteiger partial charge < -0.3 is 9.84 Å². The largest absolute Gasteiger partial charge is 0.387 e. The van der Waals surface area contributed by atoms with Crippen molar-refractivity contribution in [3.63, 3.8) is 0 Å². The van der Waals surface area contributed by atoms with Crippen LogP contribution < -0.4 is 0 Å². The maximum atomic E-state index is 9.69. The molecule has 1 heterocycles. The number of nitrogens with zero attached hydrogens (tertiary/aromatic N) is 1. The van der Waals surface area contributed by atoms with Gasteiger partial charge in [-0.05, 0) is 13.3 Å². The summed E-state index contributed by atoms with van der Waals surface area (Å²) in [5.41, 5.74) is -0.409. The van der Waals surface area contributed by atoms with E-state index in [1.165, 1.54) is 0 Å². The molecule has 0 bridgehead atoms. The van der Waals surface area contributed by atoms with E-state index in [0.717, 1.165) is 26.1 Å². The molecule has 1 unspecified atom stereocenters. The standard InChI is InChI=1S/C9H19NO2/c1-4-9(11)6-10(7-9)5-8(2)12-3/h8,11H,4-7H2,1-3H3. The second-order valence-corrected chi connectivity index (χ2v) is 3.79. The minimum absolute atomic E-state index is 0.270. The molecule has 3 nitrogen and oxygen atoms in total. The molecule has 3 heteroatoms. The monoisotopic (exact) mass is 173 g/mol. The molecule has 0 aromatic carbocycles. The predicted octanol–water partition coefficient (Wildman–Crippen LogP) is 0.478. The average molecular weight is 173 g/mol. The molecule has 72 valence electrons. The molecule has 12 heavy (non-hydrogen) atoms. The Morgan fingerprint density at radius 1 is 1.58 bits per heavy atom. The maximum Gasteiger partial charge on any atom is 0.0897 e. The van der Waals surface area contributed by atoms with Gasteiger partial charge in [-0.2, -0.15) is 0 Å². The summed E-state index contributed by atoms with van der Waals surface area (Å²) in [6.45, 7) is 6.60. The molecule has 1 aliphatic heterocycles. The number of hydrogen-bond donors (Lipinski definition) is 1. The Labute approximate surface area is 74.3 Å². The van der Waals surface area contributed by atoms with Gasteiger partial charge in [0.25, 0.3) is 0 Å². The number of β-amino-alcohol motifs (C(OH)–C–C–N with tert-alkyl or cyclic N) is 1. The molecule has 1 aliphatic rings. The van der Waals surface area contributed by atoms with E-state index in [9.17, 15) is 5.11 Å². The third kappa shape index (κ3) is 2.19. The van der Waals surface area contributed by atoms with Crippen molar-refractivity contribution < 1.29 is 9.84 Å². The Hall–Kier alpha value is -0.120. The topological polar surface area (TPSA) is 32.7 Å². The van der Waals surface area contributed by atoms with Crippen molar-refractivity contribution in [1.29, 1.82) is 0 Å². The van der Waals surface area contributed by atoms with Crippen LogP contribution >= 0.6 is 0 Å². The van der Waals surface area contributed by atoms with Crippen LogP contribution in [0.25, 0.3) is 0 Å². The van der Waals surface area contributed by atoms with Gasteiger partial charge in [-0.1, -0.05) is 6.92 Å². The molecule has 0 aromatic heterocycles. The zero-order valence-corrected chi connectivity index (χ0v) is 8.21. The van der Waals surface area contributed by atoms with Gasteiger partial charge in [-0.3, -0.25) is 4.90 Å². The molecule has 0 radical (unpaired) electrons. The van der Waals surface area contributed by atoms with Crippen LogP contribution in [0.2, 0.25) is 0 Å². The van der Waals surface area contributed by atoms with E-state index in [1.54, 1.807) is 7.11 Å². The van der Waals surface area contributed by atoms with Gasteiger partial charge in [-0.15, -0.1) is 0 Å². The lowest BCUT2D eigenvalue weighted by Crippen LogP contribution is -2.62. The smallest absolute Gasteiger partial charge is 0.0897 e. The van der Waals surface area contributed by atoms with E-state index in [1.807, 2.05) is 13.8 Å². The Morgan fingerprint density at radius 3 is 2.58 bits per heavy atom. The van der Waals surface area contributed by atoms with Crippen molar-refractivity contribution in [2.45, 2.75) is 32.0 Å². The van der Waals surface area contributed by atoms with E-state index in [0.29, 0.717) is 0 Å². The highest BCUT2D eigenvalue weighted by molar-refractivity contribution is 4.94. The fourth-order valence-electron chi connectivity index (χ4n) is 1.58. The zero-order chi connectivity index (χ0) is 9.19. The first-order chi connectivity index (χ1) is 5.59. The lowest BCUT2D eigenvalue weighted by atomic mass is 9.91. The SMILES string of the molecule is CCC1(O)CN(CC(C)OC)C1. The van der Waals surface area contributed by atoms with Crippen LogP contribution in [0.3, 0.4) is 0 Å². The summed E-state index contributed by atoms with van der Waals surface area (Å²) in [4.78, 5) is 2.22. The molecule has 1 saturated heterocycles. The number of rotatable bonds is 4. The highest BCUT2D eigenvalue weighted by atomic mass is 16.5. The van der Waals surface area contributed by atoms with E-state index >= 15 is 0 Å². The summed E-state index contributed by atoms with van der Waals surface area (Å²) in [6, 6.07) is 0. The second-order valence-electron chi connectivity index (χ2n) is 3.79. The normalized spacial score (nSPS) is 25.0. The van der Waals surface area contributed by atoms with E-state index in [4.69, 9.17) is 4.74 Å². The first kappa shape index (κ1) is 9.96. The van der Waals surface area contributed by atoms with Crippen molar-refractivity contribution in [2.75, 3.05) is 26.7 Å². The molecule has 0 saturated carbocycles. The number of hydrogen-bond acceptors (Lipinski definition) is 3. The minimum atomic E-state index is -0.409. The Kier molecular flexibility index (Phi) is 3.09. The lowest BCUT2D eigenvalue weighted by Gasteiger charge is -2.46. The first-order valence-corrected chi connectivity index (χ1v) is 4.57. The summed E-state index contributed by atoms with van der Waals surface area (Å²) in [5.74, 6) is 0. The van der Waals surface area contributed by atoms with E-state index in [2.05, 4.69) is 4.90 Å². The van der Waals surface area contributed by atoms with Gasteiger partial charge in [-0.25, -0.2) is 0 Å². The van der Waals surface area contributed by atoms with Crippen LogP contribution in [0.1, 0.15) is 20.3 Å². The van der Waals surface area contributed by atoms with Crippen molar-refractivity contribution in [1.82, 2.24) is 4.90 Å². The fourth-order valence-corrected chi connectivity index (χ4v) is 1.58. The van der Waals surface area contributed by atoms with E-state index in [-0.39, 0.29) is 6.10 Å². The molecule has 0 aromatic rings. The van der Waals surface area contributed by atoms with Crippen LogP contribution in [0.5, 0.6) is 0 Å². The van der Waals surface area contributed by atoms with Crippen molar-refractivity contribution in [3.8, 4) is 0 Å². The summed E-state index contributed by atoms with van der Waals surface area (Å²) in [5, 5.41) is 9.69. The molecule has 0 aliphatic carbocycles. The minimum Gasteiger partial charge on any atom is -0.387 e. The van der Waals surface area contributed by atoms with Crippen molar-refractivity contribution >= 4 is 0 Å². The van der Waals surface area contributed by atoms with Crippen LogP contribution in [-0.2, 0) is 4.74 Å². The maximum absolute atomic E-state index is 9.69. The predicted molar refractivity (Wildman–Crippen MR) is 48.2 cm³/mol. The molecular formula is C9H19NO2. The highest BCUT2D eigenvalue weighted by Gasteiger charge is 2.39. The Bertz CT molecular complexity index is 141. The van der Waals surface area contributed by atoms with Crippen molar-refractivity contribution in [2.24, 2.45) is 0 Å². The Balaban J connectivity index is 2.17. The summed E-state index contributed by atoms with van der Waals surface area (Å²) in [7, 11) is 1.72. The molecule has 1 fully saturated rings. The summed E-state index contributed by atoms with van der Waals surface area (Å²) >= 11 is 0. The van der Waals surface area contributed by atoms with Gasteiger partial charge in [0.2, 0.25) is 0 Å². The van der Waals surface area contributed by atoms with Crippen molar-refractivity contribution in [3.05, 3.63) is 0 Å². The van der Waals surface area contributed by atoms with Gasteiger partial charge in [0.1, 0.15) is 0 Å². The molecule has 1 N–H and O–H groups in total. The first-order valence-electron chi connectivity index (χ1n) is 4.57. The summed E-state index contributed by atoms with van der Waals surface area (Å²) < 4.78 is 5.14. The fraction of sp³-hybridized carbons (Fsp3) is 1.00.